The van der Waals surface area contributed by atoms with E-state index < -0.39 is 15.3 Å². The molecule has 0 N–H and O–H groups in total. The van der Waals surface area contributed by atoms with Gasteiger partial charge in [0.1, 0.15) is 0 Å². The summed E-state index contributed by atoms with van der Waals surface area (Å²) in [6.07, 6.45) is 0. The summed E-state index contributed by atoms with van der Waals surface area (Å²) in [7, 11) is -3.30. The highest BCUT2D eigenvalue weighted by atomic mass is 31.2. The molecule has 0 saturated heterocycles. The molecule has 3 heteroatoms. The maximum atomic E-state index is 5.84. The van der Waals surface area contributed by atoms with Crippen molar-refractivity contribution in [1.82, 2.24) is 0 Å². The highest BCUT2D eigenvalue weighted by Crippen LogP contribution is 2.77. The number of nitrogens with zero attached hydrogens (tertiary/aromatic N) is 1. The number of hydrogen-bond acceptors (Lipinski definition) is 1. The minimum Gasteiger partial charge on any atom is -0.336 e. The molecule has 0 unspecified atom stereocenters. The minimum atomic E-state index is -1.70. The smallest absolute Gasteiger partial charge is 0.170 e. The fourth-order valence-corrected chi connectivity index (χ4v) is 16.3. The van der Waals surface area contributed by atoms with Crippen molar-refractivity contribution in [2.24, 2.45) is 4.41 Å². The largest absolute Gasteiger partial charge is 0.336 e. The summed E-state index contributed by atoms with van der Waals surface area (Å²) in [4.78, 5) is 0. The van der Waals surface area contributed by atoms with Crippen molar-refractivity contribution in [3.63, 3.8) is 0 Å². The lowest BCUT2D eigenvalue weighted by molar-refractivity contribution is 0.790. The van der Waals surface area contributed by atoms with Gasteiger partial charge in [-0.25, -0.2) is 0 Å². The van der Waals surface area contributed by atoms with Crippen LogP contribution < -0.4 is 0 Å². The Balaban J connectivity index is 2.51. The van der Waals surface area contributed by atoms with Crippen LogP contribution in [0.3, 0.4) is 0 Å². The second-order valence-corrected chi connectivity index (χ2v) is 18.9. The van der Waals surface area contributed by atoms with Gasteiger partial charge in [0.05, 0.1) is 5.16 Å². The molecular weight excluding hydrogens is 349 g/mol. The minimum absolute atomic E-state index is 0.00278. The van der Waals surface area contributed by atoms with Gasteiger partial charge in [-0.15, -0.1) is 0 Å². The van der Waals surface area contributed by atoms with Crippen molar-refractivity contribution in [2.45, 2.75) is 70.7 Å². The van der Waals surface area contributed by atoms with Gasteiger partial charge in [0.2, 0.25) is 0 Å². The topological polar surface area (TPSA) is 12.4 Å². The average Bonchev–Trinajstić information content (AvgIpc) is 2.83. The van der Waals surface area contributed by atoms with Crippen LogP contribution in [0.5, 0.6) is 0 Å². The summed E-state index contributed by atoms with van der Waals surface area (Å²) >= 11 is 0. The standard InChI is InChI=1S/C23H34NPSi/c1-17(2)25(18(3)4,24-26(6,7)8)23(5)21-15-11-9-13-19(21)20-14-10-12-16-22(20)23/h9-18H,1-8H3. The molecule has 1 nitrogen and oxygen atoms in total. The normalized spacial score (nSPS) is 15.9. The first-order chi connectivity index (χ1) is 12.1. The van der Waals surface area contributed by atoms with E-state index >= 15 is 0 Å². The van der Waals surface area contributed by atoms with Crippen molar-refractivity contribution in [3.8, 4) is 11.1 Å². The van der Waals surface area contributed by atoms with Crippen LogP contribution in [0.4, 0.5) is 0 Å². The highest BCUT2D eigenvalue weighted by Gasteiger charge is 2.52. The summed E-state index contributed by atoms with van der Waals surface area (Å²) < 4.78 is 5.84. The van der Waals surface area contributed by atoms with Crippen LogP contribution >= 0.6 is 7.05 Å². The summed E-state index contributed by atoms with van der Waals surface area (Å²) in [6, 6.07) is 18.2. The van der Waals surface area contributed by atoms with Crippen LogP contribution in [-0.2, 0) is 5.16 Å². The number of hydrogen-bond donors (Lipinski definition) is 0. The molecule has 0 saturated carbocycles. The first kappa shape index (κ1) is 19.6. The van der Waals surface area contributed by atoms with Crippen LogP contribution in [0.2, 0.25) is 19.6 Å². The molecule has 2 aromatic rings. The number of rotatable bonds is 4. The van der Waals surface area contributed by atoms with Gasteiger partial charge in [-0.05, 0) is 47.5 Å². The Morgan fingerprint density at radius 1 is 0.769 bits per heavy atom. The Kier molecular flexibility index (Phi) is 4.91. The second-order valence-electron chi connectivity index (χ2n) is 9.36. The summed E-state index contributed by atoms with van der Waals surface area (Å²) in [5.41, 5.74) is 6.97. The zero-order valence-corrected chi connectivity index (χ0v) is 19.6. The Morgan fingerprint density at radius 2 is 1.15 bits per heavy atom. The molecule has 0 aliphatic heterocycles. The number of fused-ring (bicyclic) bond motifs is 3. The summed E-state index contributed by atoms with van der Waals surface area (Å²) in [5.74, 6) is 0. The van der Waals surface area contributed by atoms with E-state index in [1.54, 1.807) is 0 Å². The van der Waals surface area contributed by atoms with Crippen LogP contribution in [0.1, 0.15) is 45.7 Å². The van der Waals surface area contributed by atoms with Gasteiger partial charge in [-0.2, -0.15) is 0 Å². The van der Waals surface area contributed by atoms with Crippen molar-refractivity contribution >= 4 is 15.3 Å². The van der Waals surface area contributed by atoms with Gasteiger partial charge >= 0.3 is 0 Å². The van der Waals surface area contributed by atoms with E-state index in [0.717, 1.165) is 0 Å². The molecule has 0 atom stereocenters. The molecule has 0 bridgehead atoms. The van der Waals surface area contributed by atoms with Crippen molar-refractivity contribution in [3.05, 3.63) is 59.7 Å². The third kappa shape index (κ3) is 2.69. The average molecular weight is 384 g/mol. The first-order valence-corrected chi connectivity index (χ1v) is 15.2. The second kappa shape index (κ2) is 6.50. The van der Waals surface area contributed by atoms with Crippen LogP contribution in [0, 0.1) is 0 Å². The monoisotopic (exact) mass is 383 g/mol. The highest BCUT2D eigenvalue weighted by molar-refractivity contribution is 7.70. The van der Waals surface area contributed by atoms with Crippen molar-refractivity contribution < 1.29 is 0 Å². The molecule has 0 heterocycles. The molecule has 3 rings (SSSR count). The first-order valence-electron chi connectivity index (χ1n) is 9.88. The fourth-order valence-electron chi connectivity index (χ4n) is 5.27. The third-order valence-electron chi connectivity index (χ3n) is 5.95. The Hall–Kier alpha value is -1.11. The predicted molar refractivity (Wildman–Crippen MR) is 121 cm³/mol. The zero-order chi connectivity index (χ0) is 19.3. The zero-order valence-electron chi connectivity index (χ0n) is 17.7. The lowest BCUT2D eigenvalue weighted by atomic mass is 9.98. The van der Waals surface area contributed by atoms with Gasteiger partial charge < -0.3 is 4.41 Å². The van der Waals surface area contributed by atoms with Crippen LogP contribution in [0.15, 0.2) is 52.9 Å². The maximum Gasteiger partial charge on any atom is 0.170 e. The predicted octanol–water partition coefficient (Wildman–Crippen LogP) is 7.78. The van der Waals surface area contributed by atoms with E-state index in [9.17, 15) is 0 Å². The maximum absolute atomic E-state index is 5.84. The molecule has 0 fully saturated rings. The third-order valence-corrected chi connectivity index (χ3v) is 14.7. The molecule has 0 amide bonds. The van der Waals surface area contributed by atoms with E-state index in [1.165, 1.54) is 22.3 Å². The molecule has 1 aliphatic carbocycles. The van der Waals surface area contributed by atoms with Crippen LogP contribution in [0.25, 0.3) is 11.1 Å². The quantitative estimate of drug-likeness (QED) is 0.377. The van der Waals surface area contributed by atoms with Gasteiger partial charge in [0.15, 0.2) is 8.24 Å². The Labute approximate surface area is 161 Å². The van der Waals surface area contributed by atoms with Gasteiger partial charge in [-0.3, -0.25) is 0 Å². The van der Waals surface area contributed by atoms with E-state index in [4.69, 9.17) is 4.41 Å². The molecule has 140 valence electrons. The molecule has 2 aromatic carbocycles. The summed E-state index contributed by atoms with van der Waals surface area (Å²) in [6.45, 7) is 19.4. The van der Waals surface area contributed by atoms with E-state index in [2.05, 4.69) is 103 Å². The molecule has 0 aromatic heterocycles. The van der Waals surface area contributed by atoms with E-state index in [-0.39, 0.29) is 5.16 Å². The number of benzene rings is 2. The fraction of sp³-hybridized carbons (Fsp3) is 0.478. The molecule has 1 aliphatic rings. The SMILES string of the molecule is CC(C)P(=N[Si](C)(C)C)(C(C)C)C1(C)c2ccccc2-c2ccccc21. The van der Waals surface area contributed by atoms with Crippen molar-refractivity contribution in [1.29, 1.82) is 0 Å². The summed E-state index contributed by atoms with van der Waals surface area (Å²) in [5, 5.41) is 0.00278. The van der Waals surface area contributed by atoms with Gasteiger partial charge in [-0.1, -0.05) is 95.9 Å². The van der Waals surface area contributed by atoms with Gasteiger partial charge in [0.25, 0.3) is 0 Å². The molecular formula is C23H34NPSi. The Morgan fingerprint density at radius 3 is 1.50 bits per heavy atom. The molecule has 26 heavy (non-hydrogen) atoms. The lowest BCUT2D eigenvalue weighted by Gasteiger charge is -2.49. The lowest BCUT2D eigenvalue weighted by Crippen LogP contribution is -2.33. The van der Waals surface area contributed by atoms with E-state index in [0.29, 0.717) is 11.3 Å². The van der Waals surface area contributed by atoms with Crippen molar-refractivity contribution in [2.75, 3.05) is 0 Å². The molecule has 0 radical (unpaired) electrons. The van der Waals surface area contributed by atoms with Crippen LogP contribution in [-0.4, -0.2) is 19.6 Å². The Bertz CT molecular complexity index is 816. The van der Waals surface area contributed by atoms with E-state index in [1.807, 2.05) is 0 Å². The molecule has 0 spiro atoms. The van der Waals surface area contributed by atoms with Gasteiger partial charge in [0, 0.05) is 0 Å².